The van der Waals surface area contributed by atoms with Crippen LogP contribution >= 0.6 is 23.2 Å². The molecule has 79 valence electrons. The summed E-state index contributed by atoms with van der Waals surface area (Å²) in [6, 6.07) is 2.18. The summed E-state index contributed by atoms with van der Waals surface area (Å²) in [5.74, 6) is -1.71. The third-order valence-corrected chi connectivity index (χ3v) is 2.96. The Balaban J connectivity index is 0.00000196. The van der Waals surface area contributed by atoms with E-state index in [-0.39, 0.29) is 45.2 Å². The van der Waals surface area contributed by atoms with Crippen molar-refractivity contribution in [2.45, 2.75) is 5.75 Å². The molecule has 1 rings (SSSR count). The van der Waals surface area contributed by atoms with Gasteiger partial charge in [-0.3, -0.25) is 4.55 Å². The van der Waals surface area contributed by atoms with Gasteiger partial charge < -0.3 is 0 Å². The Morgan fingerprint density at radius 1 is 1.33 bits per heavy atom. The normalized spacial score (nSPS) is 10.9. The van der Waals surface area contributed by atoms with E-state index in [1.54, 1.807) is 0 Å². The van der Waals surface area contributed by atoms with Crippen LogP contribution in [0.25, 0.3) is 0 Å². The van der Waals surface area contributed by atoms with Gasteiger partial charge in [0, 0.05) is 35.1 Å². The molecule has 8 heteroatoms. The molecule has 1 N–H and O–H groups in total. The molecule has 15 heavy (non-hydrogen) atoms. The molecule has 0 aliphatic carbocycles. The molecule has 0 saturated heterocycles. The second kappa shape index (κ2) is 5.82. The van der Waals surface area contributed by atoms with Crippen LogP contribution in [0.1, 0.15) is 5.56 Å². The average Bonchev–Trinajstić information content (AvgIpc) is 2.04. The van der Waals surface area contributed by atoms with E-state index in [9.17, 15) is 12.8 Å². The number of benzene rings is 1. The quantitative estimate of drug-likeness (QED) is 0.513. The van der Waals surface area contributed by atoms with Crippen molar-refractivity contribution in [1.29, 1.82) is 0 Å². The Bertz CT molecular complexity index is 464. The van der Waals surface area contributed by atoms with Crippen LogP contribution in [-0.4, -0.2) is 42.5 Å². The fourth-order valence-corrected chi connectivity index (χ4v) is 2.01. The van der Waals surface area contributed by atoms with Gasteiger partial charge in [0.25, 0.3) is 10.1 Å². The summed E-state index contributed by atoms with van der Waals surface area (Å²) in [4.78, 5) is 0. The van der Waals surface area contributed by atoms with Gasteiger partial charge in [-0.2, -0.15) is 8.42 Å². The summed E-state index contributed by atoms with van der Waals surface area (Å²) in [6.07, 6.45) is 0. The van der Waals surface area contributed by atoms with Gasteiger partial charge >= 0.3 is 0 Å². The van der Waals surface area contributed by atoms with Crippen molar-refractivity contribution in [2.24, 2.45) is 0 Å². The number of hydrogen-bond donors (Lipinski definition) is 1. The molecule has 0 amide bonds. The van der Waals surface area contributed by atoms with E-state index < -0.39 is 21.7 Å². The fourth-order valence-electron chi connectivity index (χ4n) is 0.884. The minimum atomic E-state index is -4.32. The van der Waals surface area contributed by atoms with Gasteiger partial charge in [0.1, 0.15) is 11.6 Å². The first-order chi connectivity index (χ1) is 6.31. The zero-order valence-electron chi connectivity index (χ0n) is 7.67. The third-order valence-electron chi connectivity index (χ3n) is 1.47. The summed E-state index contributed by atoms with van der Waals surface area (Å²) in [7, 11) is -4.32. The number of hydrogen-bond acceptors (Lipinski definition) is 2. The van der Waals surface area contributed by atoms with Crippen molar-refractivity contribution >= 4 is 62.9 Å². The van der Waals surface area contributed by atoms with E-state index in [1.807, 2.05) is 0 Å². The molecular formula is C7H5Cl2FNaO3S. The van der Waals surface area contributed by atoms with Crippen molar-refractivity contribution in [3.8, 4) is 0 Å². The molecule has 1 aromatic carbocycles. The molecule has 0 spiro atoms. The molecule has 0 aliphatic rings. The van der Waals surface area contributed by atoms with Crippen molar-refractivity contribution in [3.63, 3.8) is 0 Å². The maximum atomic E-state index is 13.0. The van der Waals surface area contributed by atoms with E-state index in [2.05, 4.69) is 0 Å². The molecule has 0 heterocycles. The minimum Gasteiger partial charge on any atom is -0.285 e. The smallest absolute Gasteiger partial charge is 0.269 e. The van der Waals surface area contributed by atoms with E-state index in [0.29, 0.717) is 0 Å². The van der Waals surface area contributed by atoms with Gasteiger partial charge in [-0.1, -0.05) is 23.2 Å². The van der Waals surface area contributed by atoms with E-state index >= 15 is 0 Å². The predicted octanol–water partition coefficient (Wildman–Crippen LogP) is 2.14. The summed E-state index contributed by atoms with van der Waals surface area (Å²) < 4.78 is 42.6. The van der Waals surface area contributed by atoms with Crippen LogP contribution in [0.2, 0.25) is 10.0 Å². The van der Waals surface area contributed by atoms with Crippen molar-refractivity contribution in [1.82, 2.24) is 0 Å². The third kappa shape index (κ3) is 4.56. The molecule has 3 nitrogen and oxygen atoms in total. The second-order valence-electron chi connectivity index (χ2n) is 2.55. The molecule has 0 atom stereocenters. The molecule has 0 saturated carbocycles. The Morgan fingerprint density at radius 2 is 1.87 bits per heavy atom. The van der Waals surface area contributed by atoms with E-state index in [0.717, 1.165) is 6.07 Å². The van der Waals surface area contributed by atoms with Crippen LogP contribution in [-0.2, 0) is 15.9 Å². The van der Waals surface area contributed by atoms with Crippen molar-refractivity contribution in [3.05, 3.63) is 33.6 Å². The van der Waals surface area contributed by atoms with Gasteiger partial charge in [0.05, 0.1) is 10.0 Å². The van der Waals surface area contributed by atoms with Crippen molar-refractivity contribution in [2.75, 3.05) is 0 Å². The van der Waals surface area contributed by atoms with Crippen molar-refractivity contribution < 1.29 is 17.4 Å². The maximum absolute atomic E-state index is 13.0. The first-order valence-electron chi connectivity index (χ1n) is 3.39. The predicted molar refractivity (Wildman–Crippen MR) is 57.4 cm³/mol. The first-order valence-corrected chi connectivity index (χ1v) is 5.75. The molecular weight excluding hydrogens is 277 g/mol. The SMILES string of the molecule is O=S(=O)(O)Cc1c(F)ccc(Cl)c1Cl.[Na]. The average molecular weight is 282 g/mol. The standard InChI is InChI=1S/C7H5Cl2FO3S.Na/c8-5-1-2-6(10)4(7(5)9)3-14(11,12)13;/h1-2H,3H2,(H,11,12,13);. The minimum absolute atomic E-state index is 0. The molecule has 0 unspecified atom stereocenters. The maximum Gasteiger partial charge on any atom is 0.269 e. The Labute approximate surface area is 119 Å². The monoisotopic (exact) mass is 281 g/mol. The first kappa shape index (κ1) is 15.6. The Kier molecular flexibility index (Phi) is 6.06. The van der Waals surface area contributed by atoms with Crippen LogP contribution in [0, 0.1) is 5.82 Å². The van der Waals surface area contributed by atoms with Crippen LogP contribution in [0.5, 0.6) is 0 Å². The number of rotatable bonds is 2. The summed E-state index contributed by atoms with van der Waals surface area (Å²) in [6.45, 7) is 0. The molecule has 0 fully saturated rings. The number of halogens is 3. The zero-order chi connectivity index (χ0) is 10.9. The van der Waals surface area contributed by atoms with Crippen LogP contribution in [0.3, 0.4) is 0 Å². The zero-order valence-corrected chi connectivity index (χ0v) is 12.0. The molecule has 0 aliphatic heterocycles. The summed E-state index contributed by atoms with van der Waals surface area (Å²) in [5.41, 5.74) is -0.332. The van der Waals surface area contributed by atoms with Crippen LogP contribution in [0.4, 0.5) is 4.39 Å². The molecule has 1 radical (unpaired) electrons. The topological polar surface area (TPSA) is 54.4 Å². The molecule has 0 bridgehead atoms. The Hall–Kier alpha value is 0.640. The molecule has 1 aromatic rings. The van der Waals surface area contributed by atoms with Gasteiger partial charge in [0.15, 0.2) is 0 Å². The van der Waals surface area contributed by atoms with E-state index in [1.165, 1.54) is 6.07 Å². The fraction of sp³-hybridized carbons (Fsp3) is 0.143. The van der Waals surface area contributed by atoms with Gasteiger partial charge in [-0.25, -0.2) is 4.39 Å². The van der Waals surface area contributed by atoms with Gasteiger partial charge in [-0.05, 0) is 12.1 Å². The van der Waals surface area contributed by atoms with E-state index in [4.69, 9.17) is 27.8 Å². The largest absolute Gasteiger partial charge is 0.285 e. The second-order valence-corrected chi connectivity index (χ2v) is 4.79. The Morgan fingerprint density at radius 3 is 2.33 bits per heavy atom. The van der Waals surface area contributed by atoms with Gasteiger partial charge in [-0.15, -0.1) is 0 Å². The van der Waals surface area contributed by atoms with Crippen LogP contribution < -0.4 is 0 Å². The van der Waals surface area contributed by atoms with Gasteiger partial charge in [0.2, 0.25) is 0 Å². The summed E-state index contributed by atoms with van der Waals surface area (Å²) in [5, 5.41) is -0.170. The molecule has 0 aromatic heterocycles. The summed E-state index contributed by atoms with van der Waals surface area (Å²) >= 11 is 11.1. The van der Waals surface area contributed by atoms with Crippen LogP contribution in [0.15, 0.2) is 12.1 Å².